The van der Waals surface area contributed by atoms with Crippen LogP contribution in [0.5, 0.6) is 0 Å². The zero-order chi connectivity index (χ0) is 14.2. The molecule has 1 aliphatic carbocycles. The fourth-order valence-corrected chi connectivity index (χ4v) is 2.73. The van der Waals surface area contributed by atoms with Gasteiger partial charge in [-0.25, -0.2) is 4.79 Å². The zero-order valence-corrected chi connectivity index (χ0v) is 12.5. The lowest BCUT2D eigenvalue weighted by atomic mass is 9.98. The van der Waals surface area contributed by atoms with Crippen molar-refractivity contribution >= 4 is 5.97 Å². The van der Waals surface area contributed by atoms with Gasteiger partial charge in [0.2, 0.25) is 0 Å². The Labute approximate surface area is 115 Å². The molecule has 104 valence electrons. The lowest BCUT2D eigenvalue weighted by Crippen LogP contribution is -2.24. The Hall–Kier alpha value is -1.35. The van der Waals surface area contributed by atoms with E-state index in [1.807, 2.05) is 40.8 Å². The van der Waals surface area contributed by atoms with E-state index in [4.69, 9.17) is 4.74 Å². The normalized spacial score (nSPS) is 18.3. The van der Waals surface area contributed by atoms with Crippen LogP contribution in [-0.4, -0.2) is 18.6 Å². The Balaban J connectivity index is 2.33. The monoisotopic (exact) mass is 261 g/mol. The maximum Gasteiger partial charge on any atom is 0.338 e. The van der Waals surface area contributed by atoms with Gasteiger partial charge >= 0.3 is 5.97 Å². The van der Waals surface area contributed by atoms with Crippen molar-refractivity contribution in [1.29, 1.82) is 0 Å². The van der Waals surface area contributed by atoms with Gasteiger partial charge in [-0.3, -0.25) is 0 Å². The Kier molecular flexibility index (Phi) is 3.68. The molecule has 0 unspecified atom stereocenters. The van der Waals surface area contributed by atoms with E-state index in [0.29, 0.717) is 11.6 Å². The smallest absolute Gasteiger partial charge is 0.338 e. The number of rotatable bonds is 2. The number of carbonyl (C=O) groups excluding carboxylic acids is 1. The molecule has 0 spiro atoms. The summed E-state index contributed by atoms with van der Waals surface area (Å²) in [5, 5.41) is 3.32. The van der Waals surface area contributed by atoms with Crippen molar-refractivity contribution in [3.05, 3.63) is 34.4 Å². The Morgan fingerprint density at radius 3 is 2.63 bits per heavy atom. The van der Waals surface area contributed by atoms with Crippen molar-refractivity contribution in [2.45, 2.75) is 52.2 Å². The van der Waals surface area contributed by atoms with Gasteiger partial charge in [-0.15, -0.1) is 0 Å². The summed E-state index contributed by atoms with van der Waals surface area (Å²) in [4.78, 5) is 12.2. The molecule has 1 atom stereocenters. The predicted octanol–water partition coefficient (Wildman–Crippen LogP) is 3.16. The van der Waals surface area contributed by atoms with Crippen LogP contribution in [0.15, 0.2) is 12.1 Å². The summed E-state index contributed by atoms with van der Waals surface area (Å²) in [6.07, 6.45) is 2.13. The highest BCUT2D eigenvalue weighted by Gasteiger charge is 2.26. The number of benzene rings is 1. The van der Waals surface area contributed by atoms with Crippen LogP contribution in [0, 0.1) is 6.92 Å². The highest BCUT2D eigenvalue weighted by molar-refractivity contribution is 5.92. The molecule has 1 aliphatic rings. The topological polar surface area (TPSA) is 38.3 Å². The third-order valence-corrected chi connectivity index (χ3v) is 3.66. The first-order valence-electron chi connectivity index (χ1n) is 6.86. The first-order chi connectivity index (χ1) is 8.83. The van der Waals surface area contributed by atoms with Crippen LogP contribution in [0.3, 0.4) is 0 Å². The van der Waals surface area contributed by atoms with E-state index in [1.165, 1.54) is 11.1 Å². The number of hydrogen-bond donors (Lipinski definition) is 1. The van der Waals surface area contributed by atoms with E-state index >= 15 is 0 Å². The van der Waals surface area contributed by atoms with Crippen LogP contribution < -0.4 is 5.32 Å². The fourth-order valence-electron chi connectivity index (χ4n) is 2.73. The van der Waals surface area contributed by atoms with Crippen LogP contribution in [-0.2, 0) is 11.2 Å². The molecular weight excluding hydrogens is 238 g/mol. The van der Waals surface area contributed by atoms with Crippen LogP contribution in [0.25, 0.3) is 0 Å². The fraction of sp³-hybridized carbons (Fsp3) is 0.562. The number of hydrogen-bond acceptors (Lipinski definition) is 3. The highest BCUT2D eigenvalue weighted by atomic mass is 16.6. The second-order valence-corrected chi connectivity index (χ2v) is 6.19. The molecule has 3 nitrogen and oxygen atoms in total. The molecular formula is C16H23NO2. The van der Waals surface area contributed by atoms with E-state index < -0.39 is 5.60 Å². The molecule has 19 heavy (non-hydrogen) atoms. The van der Waals surface area contributed by atoms with Gasteiger partial charge in [0.05, 0.1) is 5.56 Å². The van der Waals surface area contributed by atoms with Crippen molar-refractivity contribution in [2.75, 3.05) is 7.05 Å². The molecule has 1 aromatic carbocycles. The van der Waals surface area contributed by atoms with E-state index in [0.717, 1.165) is 18.4 Å². The standard InChI is InChI=1S/C16H23NO2/c1-10-11-8-9-14(17-5)13(11)7-6-12(10)15(18)19-16(2,3)4/h6-7,14,17H,8-9H2,1-5H3/t14-/m0/s1. The van der Waals surface area contributed by atoms with Crippen LogP contribution in [0.2, 0.25) is 0 Å². The largest absolute Gasteiger partial charge is 0.456 e. The summed E-state index contributed by atoms with van der Waals surface area (Å²) in [5.74, 6) is -0.222. The predicted molar refractivity (Wildman–Crippen MR) is 76.5 cm³/mol. The quantitative estimate of drug-likeness (QED) is 0.831. The summed E-state index contributed by atoms with van der Waals surface area (Å²) < 4.78 is 5.46. The maximum atomic E-state index is 12.2. The van der Waals surface area contributed by atoms with Gasteiger partial charge in [0, 0.05) is 6.04 Å². The minimum atomic E-state index is -0.448. The van der Waals surface area contributed by atoms with Gasteiger partial charge in [0.15, 0.2) is 0 Å². The van der Waals surface area contributed by atoms with Gasteiger partial charge in [0.25, 0.3) is 0 Å². The number of nitrogens with one attached hydrogen (secondary N) is 1. The average Bonchev–Trinajstić information content (AvgIpc) is 2.70. The van der Waals surface area contributed by atoms with E-state index in [9.17, 15) is 4.79 Å². The molecule has 0 saturated heterocycles. The molecule has 1 N–H and O–H groups in total. The number of fused-ring (bicyclic) bond motifs is 1. The van der Waals surface area contributed by atoms with Crippen molar-refractivity contribution in [2.24, 2.45) is 0 Å². The average molecular weight is 261 g/mol. The van der Waals surface area contributed by atoms with Gasteiger partial charge in [-0.2, -0.15) is 0 Å². The Morgan fingerprint density at radius 2 is 2.05 bits per heavy atom. The van der Waals surface area contributed by atoms with Gasteiger partial charge in [-0.1, -0.05) is 6.07 Å². The van der Waals surface area contributed by atoms with E-state index in [2.05, 4.69) is 11.4 Å². The minimum absolute atomic E-state index is 0.222. The molecule has 0 bridgehead atoms. The van der Waals surface area contributed by atoms with Crippen LogP contribution >= 0.6 is 0 Å². The third-order valence-electron chi connectivity index (χ3n) is 3.66. The first-order valence-corrected chi connectivity index (χ1v) is 6.86. The second-order valence-electron chi connectivity index (χ2n) is 6.19. The molecule has 0 fully saturated rings. The van der Waals surface area contributed by atoms with Crippen LogP contribution in [0.1, 0.15) is 60.3 Å². The lowest BCUT2D eigenvalue weighted by Gasteiger charge is -2.21. The van der Waals surface area contributed by atoms with E-state index in [1.54, 1.807) is 0 Å². The molecule has 0 saturated carbocycles. The Bertz CT molecular complexity index is 500. The second kappa shape index (κ2) is 4.97. The lowest BCUT2D eigenvalue weighted by molar-refractivity contribution is 0.00686. The van der Waals surface area contributed by atoms with Crippen molar-refractivity contribution in [3.8, 4) is 0 Å². The summed E-state index contributed by atoms with van der Waals surface area (Å²) in [6.45, 7) is 7.70. The summed E-state index contributed by atoms with van der Waals surface area (Å²) in [6, 6.07) is 4.38. The highest BCUT2D eigenvalue weighted by Crippen LogP contribution is 2.34. The van der Waals surface area contributed by atoms with Crippen molar-refractivity contribution in [1.82, 2.24) is 5.32 Å². The Morgan fingerprint density at radius 1 is 1.37 bits per heavy atom. The number of carbonyl (C=O) groups is 1. The minimum Gasteiger partial charge on any atom is -0.456 e. The maximum absolute atomic E-state index is 12.2. The molecule has 2 rings (SSSR count). The van der Waals surface area contributed by atoms with Crippen molar-refractivity contribution < 1.29 is 9.53 Å². The number of ether oxygens (including phenoxy) is 1. The molecule has 0 radical (unpaired) electrons. The van der Waals surface area contributed by atoms with Crippen molar-refractivity contribution in [3.63, 3.8) is 0 Å². The molecule has 0 amide bonds. The summed E-state index contributed by atoms with van der Waals surface area (Å²) >= 11 is 0. The molecule has 0 aromatic heterocycles. The summed E-state index contributed by atoms with van der Waals surface area (Å²) in [5.41, 5.74) is 3.96. The number of esters is 1. The first kappa shape index (κ1) is 14.1. The molecule has 0 heterocycles. The zero-order valence-electron chi connectivity index (χ0n) is 12.5. The SMILES string of the molecule is CN[C@H]1CCc2c1ccc(C(=O)OC(C)(C)C)c2C. The van der Waals surface area contributed by atoms with Gasteiger partial charge in [0.1, 0.15) is 5.60 Å². The van der Waals surface area contributed by atoms with Crippen LogP contribution in [0.4, 0.5) is 0 Å². The van der Waals surface area contributed by atoms with E-state index in [-0.39, 0.29) is 5.97 Å². The van der Waals surface area contributed by atoms with Gasteiger partial charge in [-0.05, 0) is 70.3 Å². The molecule has 3 heteroatoms. The third kappa shape index (κ3) is 2.81. The van der Waals surface area contributed by atoms with Gasteiger partial charge < -0.3 is 10.1 Å². The molecule has 0 aliphatic heterocycles. The molecule has 1 aromatic rings. The summed E-state index contributed by atoms with van der Waals surface area (Å²) in [7, 11) is 1.98.